The summed E-state index contributed by atoms with van der Waals surface area (Å²) in [6.07, 6.45) is 5.79. The topological polar surface area (TPSA) is 55.7 Å². The van der Waals surface area contributed by atoms with Gasteiger partial charge in [-0.2, -0.15) is 0 Å². The van der Waals surface area contributed by atoms with Crippen LogP contribution in [0.25, 0.3) is 66.8 Å². The highest BCUT2D eigenvalue weighted by atomic mass is 31.2. The fourth-order valence-electron chi connectivity index (χ4n) is 10.00. The van der Waals surface area contributed by atoms with Crippen LogP contribution in [0.5, 0.6) is 0 Å². The standard InChI is InChI=1S/C59H46N3OP/c63-64(50-21-7-2-8-22-50,51-23-9-3-10-24-51)55-38-37-52(53-25-13-14-26-54(53)55)43-29-33-48(34-30-43)59(39-15-4-16-40-59)49-35-31-45(32-36-49)57-60-56(44-18-5-1-6-19-44)61-58(62-57)47-28-27-42-17-11-12-20-46(42)41-47/h1-3,5-14,17-38,41H,4,15-16,39-40H2. The zero-order chi connectivity index (χ0) is 42.9. The van der Waals surface area contributed by atoms with Crippen molar-refractivity contribution in [2.75, 3.05) is 0 Å². The minimum atomic E-state index is -3.18. The molecule has 1 saturated carbocycles. The maximum absolute atomic E-state index is 15.5. The van der Waals surface area contributed by atoms with Crippen molar-refractivity contribution in [1.29, 1.82) is 0 Å². The zero-order valence-electron chi connectivity index (χ0n) is 35.5. The highest BCUT2D eigenvalue weighted by molar-refractivity contribution is 7.85. The van der Waals surface area contributed by atoms with E-state index in [-0.39, 0.29) is 5.41 Å². The molecule has 64 heavy (non-hydrogen) atoms. The lowest BCUT2D eigenvalue weighted by atomic mass is 9.65. The Balaban J connectivity index is 0.952. The summed E-state index contributed by atoms with van der Waals surface area (Å²) < 4.78 is 15.5. The van der Waals surface area contributed by atoms with Crippen molar-refractivity contribution in [1.82, 2.24) is 15.0 Å². The van der Waals surface area contributed by atoms with Crippen LogP contribution in [0.15, 0.2) is 218 Å². The predicted molar refractivity (Wildman–Crippen MR) is 266 cm³/mol. The summed E-state index contributed by atoms with van der Waals surface area (Å²) in [5.74, 6) is 1.98. The average Bonchev–Trinajstić information content (AvgIpc) is 3.39. The molecule has 0 atom stereocenters. The smallest absolute Gasteiger partial charge is 0.171 e. The fourth-order valence-corrected chi connectivity index (χ4v) is 12.9. The third-order valence-corrected chi connectivity index (χ3v) is 16.4. The second-order valence-electron chi connectivity index (χ2n) is 17.0. The molecule has 1 aliphatic carbocycles. The van der Waals surface area contributed by atoms with Gasteiger partial charge >= 0.3 is 0 Å². The second-order valence-corrected chi connectivity index (χ2v) is 19.7. The Hall–Kier alpha value is -7.26. The minimum Gasteiger partial charge on any atom is -0.309 e. The molecule has 1 aromatic heterocycles. The summed E-state index contributed by atoms with van der Waals surface area (Å²) >= 11 is 0. The van der Waals surface area contributed by atoms with Crippen LogP contribution in [-0.4, -0.2) is 15.0 Å². The van der Waals surface area contributed by atoms with Crippen LogP contribution >= 0.6 is 7.14 Å². The highest BCUT2D eigenvalue weighted by Gasteiger charge is 2.36. The Kier molecular flexibility index (Phi) is 10.4. The Morgan fingerprint density at radius 1 is 0.375 bits per heavy atom. The number of hydrogen-bond acceptors (Lipinski definition) is 4. The van der Waals surface area contributed by atoms with E-state index in [0.717, 1.165) is 72.7 Å². The van der Waals surface area contributed by atoms with E-state index in [4.69, 9.17) is 15.0 Å². The molecule has 0 amide bonds. The number of hydrogen-bond donors (Lipinski definition) is 0. The first-order valence-electron chi connectivity index (χ1n) is 22.3. The van der Waals surface area contributed by atoms with Gasteiger partial charge in [-0.25, -0.2) is 15.0 Å². The Bertz CT molecular complexity index is 3270. The first-order valence-corrected chi connectivity index (χ1v) is 24.0. The van der Waals surface area contributed by atoms with Crippen molar-refractivity contribution < 1.29 is 4.57 Å². The molecule has 5 heteroatoms. The van der Waals surface area contributed by atoms with Gasteiger partial charge in [0.1, 0.15) is 0 Å². The number of fused-ring (bicyclic) bond motifs is 2. The van der Waals surface area contributed by atoms with E-state index >= 15 is 4.57 Å². The molecule has 0 radical (unpaired) electrons. The van der Waals surface area contributed by atoms with Crippen molar-refractivity contribution in [3.8, 4) is 45.3 Å². The van der Waals surface area contributed by atoms with Crippen LogP contribution in [0.3, 0.4) is 0 Å². The van der Waals surface area contributed by atoms with E-state index in [1.54, 1.807) is 0 Å². The summed E-state index contributed by atoms with van der Waals surface area (Å²) in [6, 6.07) is 75.9. The SMILES string of the molecule is O=P(c1ccccc1)(c1ccccc1)c1ccc(-c2ccc(C3(c4ccc(-c5nc(-c6ccccc6)nc(-c6ccc7ccccc7c6)n5)cc4)CCCCC3)cc2)c2ccccc12. The molecule has 0 bridgehead atoms. The van der Waals surface area contributed by atoms with Crippen molar-refractivity contribution in [3.05, 3.63) is 230 Å². The van der Waals surface area contributed by atoms with Gasteiger partial charge in [0.15, 0.2) is 24.6 Å². The summed E-state index contributed by atoms with van der Waals surface area (Å²) in [6.45, 7) is 0. The van der Waals surface area contributed by atoms with Crippen molar-refractivity contribution in [3.63, 3.8) is 0 Å². The van der Waals surface area contributed by atoms with Crippen LogP contribution in [0.4, 0.5) is 0 Å². The number of benzene rings is 9. The maximum Gasteiger partial charge on any atom is 0.171 e. The quantitative estimate of drug-likeness (QED) is 0.136. The van der Waals surface area contributed by atoms with Crippen molar-refractivity contribution in [2.24, 2.45) is 0 Å². The van der Waals surface area contributed by atoms with Gasteiger partial charge in [-0.1, -0.05) is 226 Å². The Labute approximate surface area is 374 Å². The van der Waals surface area contributed by atoms with E-state index < -0.39 is 7.14 Å². The first kappa shape index (κ1) is 39.6. The molecule has 11 rings (SSSR count). The summed E-state index contributed by atoms with van der Waals surface area (Å²) in [4.78, 5) is 15.1. The van der Waals surface area contributed by atoms with Crippen molar-refractivity contribution in [2.45, 2.75) is 37.5 Å². The van der Waals surface area contributed by atoms with Gasteiger partial charge in [0.25, 0.3) is 0 Å². The van der Waals surface area contributed by atoms with Crippen LogP contribution in [0.1, 0.15) is 43.2 Å². The Morgan fingerprint density at radius 2 is 0.844 bits per heavy atom. The lowest BCUT2D eigenvalue weighted by molar-refractivity contribution is 0.346. The van der Waals surface area contributed by atoms with Gasteiger partial charge in [0, 0.05) is 38.0 Å². The second kappa shape index (κ2) is 16.8. The third-order valence-electron chi connectivity index (χ3n) is 13.3. The van der Waals surface area contributed by atoms with Crippen LogP contribution < -0.4 is 15.9 Å². The first-order chi connectivity index (χ1) is 31.6. The van der Waals surface area contributed by atoms with E-state index in [1.165, 1.54) is 35.8 Å². The lowest BCUT2D eigenvalue weighted by Crippen LogP contribution is -2.30. The lowest BCUT2D eigenvalue weighted by Gasteiger charge is -2.39. The molecule has 308 valence electrons. The number of aromatic nitrogens is 3. The van der Waals surface area contributed by atoms with Gasteiger partial charge in [-0.15, -0.1) is 0 Å². The maximum atomic E-state index is 15.5. The molecular formula is C59H46N3OP. The summed E-state index contributed by atoms with van der Waals surface area (Å²) in [7, 11) is -3.18. The van der Waals surface area contributed by atoms with Gasteiger partial charge in [0.05, 0.1) is 0 Å². The molecule has 0 unspecified atom stereocenters. The van der Waals surface area contributed by atoms with Crippen molar-refractivity contribution >= 4 is 44.6 Å². The van der Waals surface area contributed by atoms with E-state index in [0.29, 0.717) is 17.5 Å². The average molecular weight is 844 g/mol. The highest BCUT2D eigenvalue weighted by Crippen LogP contribution is 2.48. The van der Waals surface area contributed by atoms with E-state index in [1.807, 2.05) is 78.9 Å². The molecule has 4 nitrogen and oxygen atoms in total. The molecule has 10 aromatic rings. The molecule has 1 heterocycles. The van der Waals surface area contributed by atoms with E-state index in [2.05, 4.69) is 140 Å². The molecule has 0 spiro atoms. The van der Waals surface area contributed by atoms with Gasteiger partial charge in [-0.3, -0.25) is 0 Å². The van der Waals surface area contributed by atoms with Gasteiger partial charge < -0.3 is 4.57 Å². The van der Waals surface area contributed by atoms with E-state index in [9.17, 15) is 0 Å². The third kappa shape index (κ3) is 7.15. The van der Waals surface area contributed by atoms with Crippen LogP contribution in [-0.2, 0) is 9.98 Å². The summed E-state index contributed by atoms with van der Waals surface area (Å²) in [5, 5.41) is 6.99. The molecule has 0 N–H and O–H groups in total. The molecule has 0 aliphatic heterocycles. The molecule has 1 fully saturated rings. The zero-order valence-corrected chi connectivity index (χ0v) is 36.4. The summed E-state index contributed by atoms with van der Waals surface area (Å²) in [5.41, 5.74) is 7.72. The molecule has 0 saturated heterocycles. The monoisotopic (exact) mass is 843 g/mol. The molecule has 1 aliphatic rings. The molecule has 9 aromatic carbocycles. The molecular weight excluding hydrogens is 798 g/mol. The normalized spacial score (nSPS) is 13.8. The minimum absolute atomic E-state index is 0.107. The number of rotatable bonds is 9. The number of nitrogens with zero attached hydrogens (tertiary/aromatic N) is 3. The van der Waals surface area contributed by atoms with Crippen LogP contribution in [0, 0.1) is 0 Å². The van der Waals surface area contributed by atoms with Gasteiger partial charge in [0.2, 0.25) is 0 Å². The largest absolute Gasteiger partial charge is 0.309 e. The fraction of sp³-hybridized carbons (Fsp3) is 0.102. The predicted octanol–water partition coefficient (Wildman–Crippen LogP) is 13.7. The van der Waals surface area contributed by atoms with Crippen LogP contribution in [0.2, 0.25) is 0 Å². The van der Waals surface area contributed by atoms with Gasteiger partial charge in [-0.05, 0) is 68.8 Å². The Morgan fingerprint density at radius 3 is 1.45 bits per heavy atom.